The molecule has 0 amide bonds. The summed E-state index contributed by atoms with van der Waals surface area (Å²) in [5, 5.41) is 0. The fourth-order valence-electron chi connectivity index (χ4n) is 3.94. The van der Waals surface area contributed by atoms with Crippen LogP contribution in [0.5, 0.6) is 0 Å². The second-order valence-corrected chi connectivity index (χ2v) is 7.61. The van der Waals surface area contributed by atoms with Crippen LogP contribution in [0.2, 0.25) is 0 Å². The van der Waals surface area contributed by atoms with Crippen molar-refractivity contribution in [2.45, 2.75) is 39.2 Å². The maximum absolute atomic E-state index is 12.6. The number of rotatable bonds is 4. The summed E-state index contributed by atoms with van der Waals surface area (Å²) in [4.78, 5) is 30.6. The van der Waals surface area contributed by atoms with E-state index in [4.69, 9.17) is 0 Å². The van der Waals surface area contributed by atoms with E-state index in [-0.39, 0.29) is 5.56 Å². The molecular weight excluding hydrogens is 338 g/mol. The minimum Gasteiger partial charge on any atom is -0.306 e. The molecule has 0 bridgehead atoms. The molecule has 0 radical (unpaired) electrons. The van der Waals surface area contributed by atoms with Crippen molar-refractivity contribution in [2.24, 2.45) is 5.92 Å². The average molecular weight is 363 g/mol. The lowest BCUT2D eigenvalue weighted by molar-refractivity contribution is 0.266. The van der Waals surface area contributed by atoms with E-state index in [1.807, 2.05) is 0 Å². The number of nitrogens with one attached hydrogen (secondary N) is 1. The van der Waals surface area contributed by atoms with Gasteiger partial charge in [-0.2, -0.15) is 0 Å². The highest BCUT2D eigenvalue weighted by Gasteiger charge is 2.23. The normalized spacial score (nSPS) is 20.0. The van der Waals surface area contributed by atoms with Gasteiger partial charge in [-0.3, -0.25) is 9.69 Å². The summed E-state index contributed by atoms with van der Waals surface area (Å²) in [6.07, 6.45) is 11.4. The minimum absolute atomic E-state index is 0.0523. The van der Waals surface area contributed by atoms with Crippen LogP contribution in [-0.2, 0) is 13.0 Å². The number of allylic oxidation sites excluding steroid dienone is 2. The lowest BCUT2D eigenvalue weighted by Crippen LogP contribution is -2.37. The zero-order chi connectivity index (χ0) is 18.8. The summed E-state index contributed by atoms with van der Waals surface area (Å²) in [5.41, 5.74) is 5.14. The zero-order valence-corrected chi connectivity index (χ0v) is 15.7. The van der Waals surface area contributed by atoms with Gasteiger partial charge in [0.2, 0.25) is 0 Å². The third-order valence-electron chi connectivity index (χ3n) is 5.61. The third kappa shape index (κ3) is 3.90. The van der Waals surface area contributed by atoms with Gasteiger partial charge in [-0.15, -0.1) is 0 Å². The first-order valence-corrected chi connectivity index (χ1v) is 9.53. The summed E-state index contributed by atoms with van der Waals surface area (Å²) in [7, 11) is 0. The highest BCUT2D eigenvalue weighted by molar-refractivity contribution is 5.52. The molecular formula is C21H25N5O. The molecule has 2 aromatic rings. The fourth-order valence-corrected chi connectivity index (χ4v) is 3.94. The van der Waals surface area contributed by atoms with Crippen molar-refractivity contribution in [1.82, 2.24) is 24.8 Å². The lowest BCUT2D eigenvalue weighted by Gasteiger charge is -2.30. The summed E-state index contributed by atoms with van der Waals surface area (Å²) >= 11 is 0. The van der Waals surface area contributed by atoms with Crippen LogP contribution < -0.4 is 5.56 Å². The minimum atomic E-state index is -0.0523. The SMILES string of the molecule is C=C(C)C1CC=C(CN2CCc3nc(-c4cncnc4)[nH]c(=O)c3C2)CC1. The molecule has 6 heteroatoms. The molecule has 4 rings (SSSR count). The predicted molar refractivity (Wildman–Crippen MR) is 105 cm³/mol. The van der Waals surface area contributed by atoms with Gasteiger partial charge < -0.3 is 4.98 Å². The Bertz CT molecular complexity index is 931. The monoisotopic (exact) mass is 363 g/mol. The zero-order valence-electron chi connectivity index (χ0n) is 15.7. The Morgan fingerprint density at radius 1 is 1.33 bits per heavy atom. The van der Waals surface area contributed by atoms with Crippen LogP contribution in [0, 0.1) is 5.92 Å². The molecule has 1 atom stereocenters. The van der Waals surface area contributed by atoms with E-state index < -0.39 is 0 Å². The van der Waals surface area contributed by atoms with Crippen LogP contribution in [0.1, 0.15) is 37.4 Å². The molecule has 1 N–H and O–H groups in total. The molecule has 3 heterocycles. The van der Waals surface area contributed by atoms with E-state index in [9.17, 15) is 4.79 Å². The molecule has 1 aliphatic heterocycles. The standard InChI is InChI=1S/C21H25N5O/c1-14(2)16-5-3-15(4-6-16)11-26-8-7-19-18(12-26)21(27)25-20(24-19)17-9-22-13-23-10-17/h3,9-10,13,16H,1,4-8,11-12H2,2H3,(H,24,25,27). The molecule has 140 valence electrons. The van der Waals surface area contributed by atoms with Gasteiger partial charge >= 0.3 is 0 Å². The third-order valence-corrected chi connectivity index (χ3v) is 5.61. The smallest absolute Gasteiger partial charge is 0.255 e. The van der Waals surface area contributed by atoms with Crippen LogP contribution in [0.25, 0.3) is 11.4 Å². The van der Waals surface area contributed by atoms with Gasteiger partial charge in [-0.05, 0) is 32.1 Å². The first kappa shape index (κ1) is 17.8. The molecule has 1 aliphatic carbocycles. The number of aromatic nitrogens is 4. The Kier molecular flexibility index (Phi) is 4.99. The lowest BCUT2D eigenvalue weighted by atomic mass is 9.85. The summed E-state index contributed by atoms with van der Waals surface area (Å²) in [6, 6.07) is 0. The molecule has 2 aromatic heterocycles. The Morgan fingerprint density at radius 2 is 2.15 bits per heavy atom. The van der Waals surface area contributed by atoms with Gasteiger partial charge in [0.1, 0.15) is 12.2 Å². The number of aromatic amines is 1. The van der Waals surface area contributed by atoms with Crippen molar-refractivity contribution >= 4 is 0 Å². The van der Waals surface area contributed by atoms with Crippen molar-refractivity contribution in [1.29, 1.82) is 0 Å². The highest BCUT2D eigenvalue weighted by Crippen LogP contribution is 2.29. The number of hydrogen-bond donors (Lipinski definition) is 1. The summed E-state index contributed by atoms with van der Waals surface area (Å²) in [6.45, 7) is 8.74. The van der Waals surface area contributed by atoms with Crippen molar-refractivity contribution in [3.63, 3.8) is 0 Å². The van der Waals surface area contributed by atoms with Crippen molar-refractivity contribution < 1.29 is 0 Å². The van der Waals surface area contributed by atoms with Crippen molar-refractivity contribution in [3.8, 4) is 11.4 Å². The summed E-state index contributed by atoms with van der Waals surface area (Å²) in [5.74, 6) is 1.18. The molecule has 0 saturated heterocycles. The molecule has 1 unspecified atom stereocenters. The van der Waals surface area contributed by atoms with Gasteiger partial charge in [0.15, 0.2) is 0 Å². The van der Waals surface area contributed by atoms with E-state index in [2.05, 4.69) is 44.4 Å². The molecule has 27 heavy (non-hydrogen) atoms. The number of H-pyrrole nitrogens is 1. The maximum atomic E-state index is 12.6. The van der Waals surface area contributed by atoms with E-state index in [1.54, 1.807) is 12.4 Å². The van der Waals surface area contributed by atoms with E-state index in [0.29, 0.717) is 18.3 Å². The second kappa shape index (κ2) is 7.56. The van der Waals surface area contributed by atoms with Gasteiger partial charge in [0, 0.05) is 38.4 Å². The second-order valence-electron chi connectivity index (χ2n) is 7.61. The molecule has 2 aliphatic rings. The Morgan fingerprint density at radius 3 is 2.85 bits per heavy atom. The first-order valence-electron chi connectivity index (χ1n) is 9.53. The fraction of sp³-hybridized carbons (Fsp3) is 0.429. The Hall–Kier alpha value is -2.60. The van der Waals surface area contributed by atoms with Crippen LogP contribution in [0.3, 0.4) is 0 Å². The van der Waals surface area contributed by atoms with Gasteiger partial charge in [0.05, 0.1) is 16.8 Å². The van der Waals surface area contributed by atoms with E-state index >= 15 is 0 Å². The van der Waals surface area contributed by atoms with Crippen LogP contribution in [0.15, 0.2) is 47.3 Å². The van der Waals surface area contributed by atoms with E-state index in [1.165, 1.54) is 23.9 Å². The van der Waals surface area contributed by atoms with Crippen LogP contribution in [-0.4, -0.2) is 37.9 Å². The van der Waals surface area contributed by atoms with Gasteiger partial charge in [-0.1, -0.05) is 23.8 Å². The Balaban J connectivity index is 1.48. The van der Waals surface area contributed by atoms with Gasteiger partial charge in [0.25, 0.3) is 5.56 Å². The molecule has 0 spiro atoms. The average Bonchev–Trinajstić information content (AvgIpc) is 2.69. The molecule has 0 fully saturated rings. The summed E-state index contributed by atoms with van der Waals surface area (Å²) < 4.78 is 0. The molecule has 0 saturated carbocycles. The highest BCUT2D eigenvalue weighted by atomic mass is 16.1. The largest absolute Gasteiger partial charge is 0.306 e. The van der Waals surface area contributed by atoms with E-state index in [0.717, 1.165) is 49.2 Å². The number of fused-ring (bicyclic) bond motifs is 1. The topological polar surface area (TPSA) is 74.8 Å². The first-order chi connectivity index (χ1) is 13.1. The van der Waals surface area contributed by atoms with Crippen molar-refractivity contribution in [3.05, 3.63) is 64.1 Å². The van der Waals surface area contributed by atoms with Crippen LogP contribution in [0.4, 0.5) is 0 Å². The predicted octanol–water partition coefficient (Wildman–Crippen LogP) is 2.89. The number of nitrogens with zero attached hydrogens (tertiary/aromatic N) is 4. The maximum Gasteiger partial charge on any atom is 0.255 e. The van der Waals surface area contributed by atoms with Crippen LogP contribution >= 0.6 is 0 Å². The molecule has 6 nitrogen and oxygen atoms in total. The Labute approximate surface area is 159 Å². The number of hydrogen-bond acceptors (Lipinski definition) is 5. The quantitative estimate of drug-likeness (QED) is 0.846. The van der Waals surface area contributed by atoms with Gasteiger partial charge in [-0.25, -0.2) is 15.0 Å². The molecule has 0 aromatic carbocycles. The van der Waals surface area contributed by atoms with Crippen molar-refractivity contribution in [2.75, 3.05) is 13.1 Å².